The Hall–Kier alpha value is -2.57. The summed E-state index contributed by atoms with van der Waals surface area (Å²) in [4.78, 5) is 40.5. The molecule has 2 aromatic carbocycles. The summed E-state index contributed by atoms with van der Waals surface area (Å²) in [5, 5.41) is 32.3. The summed E-state index contributed by atoms with van der Waals surface area (Å²) in [7, 11) is 0. The van der Waals surface area contributed by atoms with Gasteiger partial charge in [-0.05, 0) is 96.9 Å². The van der Waals surface area contributed by atoms with Crippen molar-refractivity contribution < 1.29 is 34.4 Å². The molecular weight excluding hydrogens is 645 g/mol. The van der Waals surface area contributed by atoms with Crippen LogP contribution in [0.5, 0.6) is 11.5 Å². The predicted molar refractivity (Wildman–Crippen MR) is 157 cm³/mol. The monoisotopic (exact) mass is 675 g/mol. The number of hydrogen-bond donors (Lipinski definition) is 4. The van der Waals surface area contributed by atoms with Crippen molar-refractivity contribution in [1.82, 2.24) is 0 Å². The van der Waals surface area contributed by atoms with Crippen LogP contribution in [0.4, 0.5) is 5.69 Å². The number of aromatic carboxylic acids is 1. The lowest BCUT2D eigenvalue weighted by Gasteiger charge is -2.56. The minimum atomic E-state index is -1.39. The first kappa shape index (κ1) is 27.6. The van der Waals surface area contributed by atoms with Crippen LogP contribution in [-0.2, 0) is 14.3 Å². The molecule has 40 heavy (non-hydrogen) atoms. The Morgan fingerprint density at radius 1 is 1.20 bits per heavy atom. The molecule has 2 aromatic rings. The van der Waals surface area contributed by atoms with Crippen LogP contribution in [0.3, 0.4) is 0 Å². The van der Waals surface area contributed by atoms with Crippen LogP contribution >= 0.6 is 34.4 Å². The highest BCUT2D eigenvalue weighted by atomic mass is 127. The zero-order valence-corrected chi connectivity index (χ0v) is 25.0. The van der Waals surface area contributed by atoms with E-state index >= 15 is 0 Å². The van der Waals surface area contributed by atoms with E-state index in [0.29, 0.717) is 10.8 Å². The molecule has 1 spiro atoms. The first-order chi connectivity index (χ1) is 18.8. The van der Waals surface area contributed by atoms with Crippen molar-refractivity contribution in [3.05, 3.63) is 56.5 Å². The van der Waals surface area contributed by atoms with Gasteiger partial charge in [-0.1, -0.05) is 30.8 Å². The van der Waals surface area contributed by atoms with Crippen LogP contribution in [0.15, 0.2) is 52.3 Å². The molecular formula is C30H30INO7S. The number of ketones is 1. The minimum absolute atomic E-state index is 0.000841. The second kappa shape index (κ2) is 9.49. The van der Waals surface area contributed by atoms with Crippen LogP contribution in [0.25, 0.3) is 0 Å². The molecule has 3 aliphatic carbocycles. The summed E-state index contributed by atoms with van der Waals surface area (Å²) < 4.78 is 7.66. The van der Waals surface area contributed by atoms with Crippen molar-refractivity contribution in [2.75, 3.05) is 5.32 Å². The number of aromatic hydroxyl groups is 2. The number of ether oxygens (including phenoxy) is 1. The highest BCUT2D eigenvalue weighted by molar-refractivity contribution is 14.1. The van der Waals surface area contributed by atoms with Gasteiger partial charge in [-0.25, -0.2) is 4.79 Å². The van der Waals surface area contributed by atoms with Gasteiger partial charge < -0.3 is 25.4 Å². The molecule has 210 valence electrons. The van der Waals surface area contributed by atoms with Crippen LogP contribution in [0.2, 0.25) is 0 Å². The number of carbonyl (C=O) groups is 3. The highest BCUT2D eigenvalue weighted by Gasteiger charge is 2.72. The predicted octanol–water partition coefficient (Wildman–Crippen LogP) is 5.96. The second-order valence-electron chi connectivity index (χ2n) is 12.0. The van der Waals surface area contributed by atoms with Crippen LogP contribution in [0.1, 0.15) is 56.3 Å². The number of allylic oxidation sites excluding steroid dienone is 2. The first-order valence-electron chi connectivity index (χ1n) is 13.3. The number of nitrogens with one attached hydrogen (secondary N) is 1. The average Bonchev–Trinajstić information content (AvgIpc) is 3.24. The second-order valence-corrected chi connectivity index (χ2v) is 14.4. The number of benzene rings is 2. The van der Waals surface area contributed by atoms with Crippen molar-refractivity contribution in [1.29, 1.82) is 0 Å². The number of carbonyl (C=O) groups excluding carboxylic acids is 2. The van der Waals surface area contributed by atoms with Gasteiger partial charge in [0.05, 0.1) is 16.6 Å². The average molecular weight is 676 g/mol. The molecule has 2 heterocycles. The minimum Gasteiger partial charge on any atom is -0.506 e. The molecule has 2 aliphatic heterocycles. The lowest BCUT2D eigenvalue weighted by molar-refractivity contribution is -0.169. The zero-order valence-electron chi connectivity index (χ0n) is 22.1. The largest absolute Gasteiger partial charge is 0.506 e. The van der Waals surface area contributed by atoms with E-state index in [9.17, 15) is 29.7 Å². The topological polar surface area (TPSA) is 133 Å². The summed E-state index contributed by atoms with van der Waals surface area (Å²) in [6.07, 6.45) is 5.06. The van der Waals surface area contributed by atoms with Gasteiger partial charge in [-0.3, -0.25) is 9.59 Å². The van der Waals surface area contributed by atoms with Crippen molar-refractivity contribution in [3.63, 3.8) is 0 Å². The maximum absolute atomic E-state index is 14.3. The molecule has 7 rings (SSSR count). The van der Waals surface area contributed by atoms with E-state index in [2.05, 4.69) is 47.0 Å². The lowest BCUT2D eigenvalue weighted by atomic mass is 9.51. The molecule has 4 bridgehead atoms. The third-order valence-electron chi connectivity index (χ3n) is 9.49. The molecule has 4 N–H and O–H groups in total. The molecule has 1 amide bonds. The number of halogens is 1. The Balaban J connectivity index is 1.30. The van der Waals surface area contributed by atoms with E-state index in [1.165, 1.54) is 11.8 Å². The van der Waals surface area contributed by atoms with Gasteiger partial charge in [-0.2, -0.15) is 0 Å². The summed E-state index contributed by atoms with van der Waals surface area (Å²) >= 11 is 3.74. The fourth-order valence-electron chi connectivity index (χ4n) is 7.95. The number of phenolic OH excluding ortho intramolecular Hbond substituents is 1. The van der Waals surface area contributed by atoms with Gasteiger partial charge in [0.25, 0.3) is 0 Å². The normalized spacial score (nSPS) is 33.5. The Bertz CT molecular complexity index is 1490. The Morgan fingerprint density at radius 2 is 1.98 bits per heavy atom. The van der Waals surface area contributed by atoms with Gasteiger partial charge in [-0.15, -0.1) is 0 Å². The van der Waals surface area contributed by atoms with E-state index in [1.807, 2.05) is 25.1 Å². The summed E-state index contributed by atoms with van der Waals surface area (Å²) in [5.41, 5.74) is -2.04. The van der Waals surface area contributed by atoms with Crippen molar-refractivity contribution in [3.8, 4) is 11.5 Å². The summed E-state index contributed by atoms with van der Waals surface area (Å²) in [6, 6.07) is 10.2. The SMILES string of the molecule is C[C@]12C[C@@]34C=C(Sc5cccc(I)c5)C(=O)[C@@](C)(CCC(=O)Nc5c(O)ccc(C(=O)O)c5O)[C@@H]3[C@H](C[C@@H]1C4)O2. The molecule has 0 unspecified atom stereocenters. The maximum atomic E-state index is 14.3. The molecule has 2 saturated carbocycles. The molecule has 2 saturated heterocycles. The van der Waals surface area contributed by atoms with Gasteiger partial charge in [0, 0.05) is 26.2 Å². The highest BCUT2D eigenvalue weighted by Crippen LogP contribution is 2.72. The van der Waals surface area contributed by atoms with E-state index in [4.69, 9.17) is 4.74 Å². The van der Waals surface area contributed by atoms with E-state index in [1.54, 1.807) is 0 Å². The van der Waals surface area contributed by atoms with Gasteiger partial charge in [0.1, 0.15) is 17.0 Å². The van der Waals surface area contributed by atoms with Crippen LogP contribution in [0, 0.1) is 26.2 Å². The summed E-state index contributed by atoms with van der Waals surface area (Å²) in [5.74, 6) is -2.70. The number of rotatable bonds is 7. The van der Waals surface area contributed by atoms with Crippen molar-refractivity contribution in [2.24, 2.45) is 22.7 Å². The number of hydrogen-bond acceptors (Lipinski definition) is 7. The molecule has 8 nitrogen and oxygen atoms in total. The third kappa shape index (κ3) is 4.25. The van der Waals surface area contributed by atoms with Gasteiger partial charge in [0.2, 0.25) is 5.91 Å². The lowest BCUT2D eigenvalue weighted by Crippen LogP contribution is -2.57. The van der Waals surface area contributed by atoms with Crippen molar-refractivity contribution >= 4 is 57.7 Å². The zero-order chi connectivity index (χ0) is 28.6. The molecule has 0 radical (unpaired) electrons. The van der Waals surface area contributed by atoms with E-state index in [-0.39, 0.29) is 47.4 Å². The third-order valence-corrected chi connectivity index (χ3v) is 11.2. The van der Waals surface area contributed by atoms with E-state index < -0.39 is 34.4 Å². The fourth-order valence-corrected chi connectivity index (χ4v) is 9.91. The first-order valence-corrected chi connectivity index (χ1v) is 15.2. The number of carboxylic acids is 1. The summed E-state index contributed by atoms with van der Waals surface area (Å²) in [6.45, 7) is 4.14. The smallest absolute Gasteiger partial charge is 0.339 e. The Labute approximate surface area is 249 Å². The fraction of sp³-hybridized carbons (Fsp3) is 0.433. The van der Waals surface area contributed by atoms with Crippen molar-refractivity contribution in [2.45, 2.75) is 62.6 Å². The number of carboxylic acid groups (broad SMARTS) is 1. The number of Topliss-reactive ketones (excluding diaryl/α,β-unsaturated/α-hetero) is 1. The number of phenols is 2. The Morgan fingerprint density at radius 3 is 2.67 bits per heavy atom. The molecule has 5 aliphatic rings. The number of amides is 1. The van der Waals surface area contributed by atoms with E-state index in [0.717, 1.165) is 39.9 Å². The number of thioether (sulfide) groups is 1. The maximum Gasteiger partial charge on any atom is 0.339 e. The molecule has 10 heteroatoms. The molecule has 4 fully saturated rings. The number of anilines is 1. The molecule has 6 atom stereocenters. The van der Waals surface area contributed by atoms with Gasteiger partial charge in [0.15, 0.2) is 11.5 Å². The van der Waals surface area contributed by atoms with Gasteiger partial charge >= 0.3 is 5.97 Å². The van der Waals surface area contributed by atoms with Crippen LogP contribution in [-0.4, -0.2) is 44.7 Å². The quantitative estimate of drug-likeness (QED) is 0.209. The van der Waals surface area contributed by atoms with Crippen LogP contribution < -0.4 is 5.32 Å². The standard InChI is InChI=1S/C30H30INO7S/c1-28(9-8-22(34)32-23-19(33)7-6-18(24(23)35)27(37)38)25-20-10-15-12-30(25,14-29(15,2)39-20)13-21(26(28)36)40-17-5-3-4-16(31)11-17/h3-7,11,13,15,20,25,33,35H,8-10,12,14H2,1-2H3,(H,32,34)(H,37,38)/t15-,20+,25+,28+,29+,30-/m1/s1. The Kier molecular flexibility index (Phi) is 6.54. The molecule has 0 aromatic heterocycles.